The maximum absolute atomic E-state index is 12.1. The van der Waals surface area contributed by atoms with E-state index in [4.69, 9.17) is 5.73 Å². The molecule has 1 amide bonds. The number of nitrogens with zero attached hydrogens (tertiary/aromatic N) is 2. The van der Waals surface area contributed by atoms with Crippen LogP contribution in [-0.2, 0) is 14.8 Å². The molecule has 2 heterocycles. The van der Waals surface area contributed by atoms with Crippen LogP contribution in [0.3, 0.4) is 0 Å². The molecule has 0 aliphatic heterocycles. The number of hydrogen-bond acceptors (Lipinski definition) is 6. The monoisotopic (exact) mass is 303 g/mol. The second kappa shape index (κ2) is 5.15. The largest absolute Gasteiger partial charge is 0.381 e. The molecule has 19 heavy (non-hydrogen) atoms. The number of nitrogens with one attached hydrogen (secondary N) is 2. The van der Waals surface area contributed by atoms with Crippen LogP contribution in [0.2, 0.25) is 0 Å². The van der Waals surface area contributed by atoms with E-state index in [0.29, 0.717) is 4.96 Å². The number of carbonyl (C=O) groups excluding carboxylic acids is 1. The summed E-state index contributed by atoms with van der Waals surface area (Å²) in [4.78, 5) is 15.5. The van der Waals surface area contributed by atoms with E-state index in [0.717, 1.165) is 0 Å². The first-order valence-corrected chi connectivity index (χ1v) is 7.73. The molecule has 8 nitrogen and oxygen atoms in total. The van der Waals surface area contributed by atoms with Gasteiger partial charge < -0.3 is 11.1 Å². The number of carbonyl (C=O) groups is 1. The SMILES string of the molecule is CNC(=O)CCNS(=O)(=O)c1c(N)nc2sccn12. The van der Waals surface area contributed by atoms with Crippen molar-refractivity contribution in [3.8, 4) is 0 Å². The molecule has 0 bridgehead atoms. The fourth-order valence-electron chi connectivity index (χ4n) is 1.54. The molecule has 0 fully saturated rings. The van der Waals surface area contributed by atoms with Gasteiger partial charge in [0, 0.05) is 31.6 Å². The highest BCUT2D eigenvalue weighted by molar-refractivity contribution is 7.89. The van der Waals surface area contributed by atoms with E-state index >= 15 is 0 Å². The molecule has 2 aromatic rings. The standard InChI is InChI=1S/C9H13N5O3S2/c1-11-6(15)2-3-12-19(16,17)8-7(10)13-9-14(8)4-5-18-9/h4-5,12H,2-3,10H2,1H3,(H,11,15). The Morgan fingerprint density at radius 3 is 3.00 bits per heavy atom. The third-order valence-corrected chi connectivity index (χ3v) is 4.68. The van der Waals surface area contributed by atoms with Gasteiger partial charge in [-0.15, -0.1) is 11.3 Å². The highest BCUT2D eigenvalue weighted by Gasteiger charge is 2.24. The third-order valence-electron chi connectivity index (χ3n) is 2.42. The molecule has 0 atom stereocenters. The molecule has 104 valence electrons. The molecule has 0 aliphatic carbocycles. The summed E-state index contributed by atoms with van der Waals surface area (Å²) in [5, 5.41) is 4.03. The van der Waals surface area contributed by atoms with Crippen LogP contribution < -0.4 is 15.8 Å². The highest BCUT2D eigenvalue weighted by atomic mass is 32.2. The average molecular weight is 303 g/mol. The summed E-state index contributed by atoms with van der Waals surface area (Å²) < 4.78 is 28.0. The molecule has 2 rings (SSSR count). The summed E-state index contributed by atoms with van der Waals surface area (Å²) in [6, 6.07) is 0. The lowest BCUT2D eigenvalue weighted by molar-refractivity contribution is -0.120. The van der Waals surface area contributed by atoms with Crippen molar-refractivity contribution in [2.45, 2.75) is 11.4 Å². The van der Waals surface area contributed by atoms with Gasteiger partial charge in [0.2, 0.25) is 5.91 Å². The summed E-state index contributed by atoms with van der Waals surface area (Å²) in [7, 11) is -2.31. The smallest absolute Gasteiger partial charge is 0.260 e. The van der Waals surface area contributed by atoms with Crippen molar-refractivity contribution in [3.63, 3.8) is 0 Å². The molecule has 0 unspecified atom stereocenters. The zero-order chi connectivity index (χ0) is 14.0. The lowest BCUT2D eigenvalue weighted by Gasteiger charge is -2.05. The Morgan fingerprint density at radius 1 is 1.58 bits per heavy atom. The second-order valence-electron chi connectivity index (χ2n) is 3.68. The Kier molecular flexibility index (Phi) is 3.73. The van der Waals surface area contributed by atoms with Crippen LogP contribution in [-0.4, -0.2) is 37.3 Å². The number of rotatable bonds is 5. The van der Waals surface area contributed by atoms with Gasteiger partial charge >= 0.3 is 0 Å². The zero-order valence-electron chi connectivity index (χ0n) is 10.1. The van der Waals surface area contributed by atoms with Crippen LogP contribution in [0.15, 0.2) is 16.6 Å². The number of fused-ring (bicyclic) bond motifs is 1. The summed E-state index contributed by atoms with van der Waals surface area (Å²) in [5.41, 5.74) is 5.62. The zero-order valence-corrected chi connectivity index (χ0v) is 11.7. The van der Waals surface area contributed by atoms with Crippen molar-refractivity contribution < 1.29 is 13.2 Å². The molecule has 2 aromatic heterocycles. The molecule has 0 aromatic carbocycles. The van der Waals surface area contributed by atoms with Crippen LogP contribution in [0.1, 0.15) is 6.42 Å². The predicted molar refractivity (Wildman–Crippen MR) is 71.4 cm³/mol. The summed E-state index contributed by atoms with van der Waals surface area (Å²) in [5.74, 6) is -0.302. The van der Waals surface area contributed by atoms with E-state index < -0.39 is 10.0 Å². The molecule has 4 N–H and O–H groups in total. The molecule has 0 spiro atoms. The number of anilines is 1. The minimum atomic E-state index is -3.80. The van der Waals surface area contributed by atoms with Crippen molar-refractivity contribution in [1.82, 2.24) is 19.4 Å². The topological polar surface area (TPSA) is 119 Å². The molecule has 10 heteroatoms. The lowest BCUT2D eigenvalue weighted by Crippen LogP contribution is -2.30. The number of thiazole rings is 1. The minimum absolute atomic E-state index is 0.00117. The van der Waals surface area contributed by atoms with Crippen LogP contribution in [0.4, 0.5) is 5.82 Å². The quantitative estimate of drug-likeness (QED) is 0.681. The average Bonchev–Trinajstić information content (AvgIpc) is 2.87. The van der Waals surface area contributed by atoms with Crippen LogP contribution in [0.5, 0.6) is 0 Å². The summed E-state index contributed by atoms with van der Waals surface area (Å²) >= 11 is 1.29. The third kappa shape index (κ3) is 2.69. The summed E-state index contributed by atoms with van der Waals surface area (Å²) in [6.45, 7) is -0.00117. The van der Waals surface area contributed by atoms with Gasteiger partial charge in [-0.05, 0) is 0 Å². The molecule has 0 saturated heterocycles. The number of nitrogens with two attached hydrogens (primary N) is 1. The first kappa shape index (κ1) is 13.8. The van der Waals surface area contributed by atoms with Crippen LogP contribution in [0, 0.1) is 0 Å². The fraction of sp³-hybridized carbons (Fsp3) is 0.333. The Labute approximate surface area is 113 Å². The van der Waals surface area contributed by atoms with Gasteiger partial charge in [0.25, 0.3) is 10.0 Å². The number of sulfonamides is 1. The number of hydrogen-bond donors (Lipinski definition) is 3. The van der Waals surface area contributed by atoms with Gasteiger partial charge in [-0.25, -0.2) is 18.1 Å². The van der Waals surface area contributed by atoms with E-state index in [1.807, 2.05) is 0 Å². The Morgan fingerprint density at radius 2 is 2.32 bits per heavy atom. The molecule has 0 radical (unpaired) electrons. The van der Waals surface area contributed by atoms with E-state index in [-0.39, 0.29) is 29.7 Å². The van der Waals surface area contributed by atoms with Gasteiger partial charge in [0.1, 0.15) is 0 Å². The van der Waals surface area contributed by atoms with Gasteiger partial charge in [-0.3, -0.25) is 9.20 Å². The van der Waals surface area contributed by atoms with Gasteiger partial charge in [-0.2, -0.15) is 0 Å². The van der Waals surface area contributed by atoms with Gasteiger partial charge in [0.15, 0.2) is 15.8 Å². The van der Waals surface area contributed by atoms with E-state index in [9.17, 15) is 13.2 Å². The Hall–Kier alpha value is -1.65. The van der Waals surface area contributed by atoms with E-state index in [1.54, 1.807) is 11.6 Å². The normalized spacial score (nSPS) is 11.8. The number of imidazole rings is 1. The minimum Gasteiger partial charge on any atom is -0.381 e. The maximum Gasteiger partial charge on any atom is 0.260 e. The lowest BCUT2D eigenvalue weighted by atomic mass is 10.4. The highest BCUT2D eigenvalue weighted by Crippen LogP contribution is 2.22. The number of aromatic nitrogens is 2. The number of nitrogen functional groups attached to an aromatic ring is 1. The first-order chi connectivity index (χ1) is 8.95. The molecular formula is C9H13N5O3S2. The molecular weight excluding hydrogens is 290 g/mol. The first-order valence-electron chi connectivity index (χ1n) is 5.37. The van der Waals surface area contributed by atoms with Crippen molar-refractivity contribution in [2.75, 3.05) is 19.3 Å². The Balaban J connectivity index is 2.22. The Bertz CT molecular complexity index is 703. The van der Waals surface area contributed by atoms with Crippen molar-refractivity contribution in [2.24, 2.45) is 0 Å². The van der Waals surface area contributed by atoms with Gasteiger partial charge in [-0.1, -0.05) is 0 Å². The van der Waals surface area contributed by atoms with Crippen molar-refractivity contribution in [1.29, 1.82) is 0 Å². The predicted octanol–water partition coefficient (Wildman–Crippen LogP) is -0.608. The summed E-state index contributed by atoms with van der Waals surface area (Å²) in [6.07, 6.45) is 1.64. The van der Waals surface area contributed by atoms with Crippen molar-refractivity contribution >= 4 is 38.0 Å². The van der Waals surface area contributed by atoms with E-state index in [1.165, 1.54) is 22.8 Å². The number of amides is 1. The van der Waals surface area contributed by atoms with Crippen LogP contribution >= 0.6 is 11.3 Å². The van der Waals surface area contributed by atoms with E-state index in [2.05, 4.69) is 15.0 Å². The molecule has 0 saturated carbocycles. The van der Waals surface area contributed by atoms with Crippen LogP contribution in [0.25, 0.3) is 4.96 Å². The second-order valence-corrected chi connectivity index (χ2v) is 6.23. The molecule has 0 aliphatic rings. The van der Waals surface area contributed by atoms with Crippen molar-refractivity contribution in [3.05, 3.63) is 11.6 Å². The fourth-order valence-corrected chi connectivity index (χ4v) is 3.55. The van der Waals surface area contributed by atoms with Gasteiger partial charge in [0.05, 0.1) is 0 Å². The maximum atomic E-state index is 12.1.